The maximum atomic E-state index is 12.7. The molecule has 0 spiro atoms. The molecule has 3 aliphatic rings. The van der Waals surface area contributed by atoms with Gasteiger partial charge < -0.3 is 18.9 Å². The molecule has 1 aromatic carbocycles. The molecule has 0 bridgehead atoms. The molecule has 0 unspecified atom stereocenters. The maximum Gasteiger partial charge on any atom is 0.347 e. The van der Waals surface area contributed by atoms with E-state index in [0.29, 0.717) is 17.2 Å². The summed E-state index contributed by atoms with van der Waals surface area (Å²) in [7, 11) is 4.64. The van der Waals surface area contributed by atoms with Crippen LogP contribution in [-0.4, -0.2) is 40.0 Å². The number of aromatic nitrogens is 3. The van der Waals surface area contributed by atoms with Crippen molar-refractivity contribution in [1.82, 2.24) is 13.9 Å². The highest BCUT2D eigenvalue weighted by Crippen LogP contribution is 2.51. The lowest BCUT2D eigenvalue weighted by Gasteiger charge is -2.27. The fraction of sp³-hybridized carbons (Fsp3) is 0.444. The van der Waals surface area contributed by atoms with Crippen molar-refractivity contribution in [3.05, 3.63) is 50.8 Å². The minimum Gasteiger partial charge on any atom is -0.493 e. The first-order valence-electron chi connectivity index (χ1n) is 8.67. The van der Waals surface area contributed by atoms with E-state index in [-0.39, 0.29) is 42.3 Å². The molecule has 1 fully saturated rings. The Balaban J connectivity index is 1.67. The predicted molar refractivity (Wildman–Crippen MR) is 93.6 cm³/mol. The number of hydrogen-bond donors (Lipinski definition) is 0. The fourth-order valence-corrected chi connectivity index (χ4v) is 4.08. The lowest BCUT2D eigenvalue weighted by Crippen LogP contribution is -2.35. The first-order chi connectivity index (χ1) is 13.0. The second kappa shape index (κ2) is 5.53. The summed E-state index contributed by atoms with van der Waals surface area (Å²) < 4.78 is 26.2. The van der Waals surface area contributed by atoms with E-state index < -0.39 is 0 Å². The summed E-state index contributed by atoms with van der Waals surface area (Å²) in [6, 6.07) is 3.41. The minimum absolute atomic E-state index is 0.0131. The zero-order valence-electron chi connectivity index (χ0n) is 15.1. The average Bonchev–Trinajstić information content (AvgIpc) is 3.26. The summed E-state index contributed by atoms with van der Waals surface area (Å²) in [5.41, 5.74) is 0.171. The van der Waals surface area contributed by atoms with Crippen LogP contribution in [0.1, 0.15) is 17.5 Å². The monoisotopic (exact) mass is 373 g/mol. The second-order valence-electron chi connectivity index (χ2n) is 6.92. The SMILES string of the molecule is COc1cc([C@H]2[C@H]3O[C@H]3C=C[C@@H]2n2c(=O)n(C)c(=O)n2C)cc2c1OCO2. The van der Waals surface area contributed by atoms with Crippen LogP contribution >= 0.6 is 0 Å². The van der Waals surface area contributed by atoms with Crippen molar-refractivity contribution in [2.24, 2.45) is 14.1 Å². The quantitative estimate of drug-likeness (QED) is 0.567. The van der Waals surface area contributed by atoms with Crippen molar-refractivity contribution in [3.63, 3.8) is 0 Å². The van der Waals surface area contributed by atoms with E-state index in [0.717, 1.165) is 10.1 Å². The molecule has 9 heteroatoms. The Morgan fingerprint density at radius 3 is 2.63 bits per heavy atom. The van der Waals surface area contributed by atoms with Crippen molar-refractivity contribution in [3.8, 4) is 17.2 Å². The molecule has 142 valence electrons. The van der Waals surface area contributed by atoms with Crippen LogP contribution in [0.25, 0.3) is 0 Å². The Morgan fingerprint density at radius 1 is 1.11 bits per heavy atom. The lowest BCUT2D eigenvalue weighted by molar-refractivity contribution is 0.171. The van der Waals surface area contributed by atoms with Crippen LogP contribution in [0.15, 0.2) is 33.9 Å². The third-order valence-corrected chi connectivity index (χ3v) is 5.50. The van der Waals surface area contributed by atoms with Crippen LogP contribution in [0.2, 0.25) is 0 Å². The number of methoxy groups -OCH3 is 1. The highest BCUT2D eigenvalue weighted by Gasteiger charge is 2.51. The van der Waals surface area contributed by atoms with E-state index in [4.69, 9.17) is 18.9 Å². The number of rotatable bonds is 3. The van der Waals surface area contributed by atoms with Gasteiger partial charge in [-0.1, -0.05) is 12.2 Å². The molecule has 2 aromatic rings. The van der Waals surface area contributed by atoms with E-state index in [1.165, 1.54) is 16.4 Å². The number of ether oxygens (including phenoxy) is 4. The van der Waals surface area contributed by atoms with Gasteiger partial charge in [0.05, 0.1) is 19.3 Å². The topological polar surface area (TPSA) is 89.2 Å². The molecule has 2 aliphatic heterocycles. The molecule has 0 saturated carbocycles. The van der Waals surface area contributed by atoms with Gasteiger partial charge in [0.25, 0.3) is 0 Å². The molecule has 0 radical (unpaired) electrons. The van der Waals surface area contributed by atoms with Crippen LogP contribution in [0, 0.1) is 0 Å². The Labute approximate surface area is 153 Å². The van der Waals surface area contributed by atoms with E-state index in [9.17, 15) is 9.59 Å². The van der Waals surface area contributed by atoms with Crippen molar-refractivity contribution in [2.45, 2.75) is 24.2 Å². The summed E-state index contributed by atoms with van der Waals surface area (Å²) in [5.74, 6) is 1.57. The number of fused-ring (bicyclic) bond motifs is 2. The Morgan fingerprint density at radius 2 is 1.93 bits per heavy atom. The Hall–Kier alpha value is -2.94. The molecule has 9 nitrogen and oxygen atoms in total. The van der Waals surface area contributed by atoms with Gasteiger partial charge in [0, 0.05) is 20.0 Å². The van der Waals surface area contributed by atoms with Gasteiger partial charge in [-0.15, -0.1) is 0 Å². The molecular formula is C18H19N3O6. The highest BCUT2D eigenvalue weighted by molar-refractivity contribution is 5.56. The Bertz CT molecular complexity index is 1080. The summed E-state index contributed by atoms with van der Waals surface area (Å²) in [6.45, 7) is 0.137. The maximum absolute atomic E-state index is 12.7. The van der Waals surface area contributed by atoms with Crippen LogP contribution < -0.4 is 25.6 Å². The Kier molecular flexibility index (Phi) is 3.33. The largest absolute Gasteiger partial charge is 0.493 e. The molecule has 1 saturated heterocycles. The van der Waals surface area contributed by atoms with Crippen molar-refractivity contribution in [1.29, 1.82) is 0 Å². The predicted octanol–water partition coefficient (Wildman–Crippen LogP) is 0.285. The second-order valence-corrected chi connectivity index (χ2v) is 6.92. The highest BCUT2D eigenvalue weighted by atomic mass is 16.7. The van der Waals surface area contributed by atoms with Crippen LogP contribution in [0.4, 0.5) is 0 Å². The standard InChI is InChI=1S/C18H19N3O6/c1-19-17(22)20(2)21(18(19)23)10-4-5-11-16(27-11)14(10)9-6-12(24-3)15-13(7-9)25-8-26-15/h4-7,10-11,14,16H,8H2,1-3H3/t10-,11-,14+,16-/m0/s1. The third kappa shape index (κ3) is 2.21. The van der Waals surface area contributed by atoms with Crippen molar-refractivity contribution < 1.29 is 18.9 Å². The molecule has 27 heavy (non-hydrogen) atoms. The first kappa shape index (κ1) is 16.2. The van der Waals surface area contributed by atoms with Gasteiger partial charge in [-0.2, -0.15) is 0 Å². The van der Waals surface area contributed by atoms with Crippen LogP contribution in [0.5, 0.6) is 17.2 Å². The molecule has 0 N–H and O–H groups in total. The van der Waals surface area contributed by atoms with Crippen molar-refractivity contribution in [2.75, 3.05) is 13.9 Å². The summed E-state index contributed by atoms with van der Waals surface area (Å²) in [5, 5.41) is 0. The number of allylic oxidation sites excluding steroid dienone is 1. The van der Waals surface area contributed by atoms with Gasteiger partial charge in [0.15, 0.2) is 11.5 Å². The molecule has 1 aromatic heterocycles. The number of nitrogens with zero attached hydrogens (tertiary/aromatic N) is 3. The number of hydrogen-bond acceptors (Lipinski definition) is 6. The average molecular weight is 373 g/mol. The van der Waals surface area contributed by atoms with Gasteiger partial charge in [0.2, 0.25) is 12.5 Å². The smallest absolute Gasteiger partial charge is 0.347 e. The van der Waals surface area contributed by atoms with Gasteiger partial charge in [-0.3, -0.25) is 0 Å². The fourth-order valence-electron chi connectivity index (χ4n) is 4.08. The summed E-state index contributed by atoms with van der Waals surface area (Å²) >= 11 is 0. The van der Waals surface area contributed by atoms with Gasteiger partial charge in [-0.25, -0.2) is 23.5 Å². The first-order valence-corrected chi connectivity index (χ1v) is 8.67. The van der Waals surface area contributed by atoms with E-state index >= 15 is 0 Å². The molecular weight excluding hydrogens is 354 g/mol. The molecule has 4 atom stereocenters. The van der Waals surface area contributed by atoms with Gasteiger partial charge in [0.1, 0.15) is 6.10 Å². The number of benzene rings is 1. The molecule has 1 aliphatic carbocycles. The number of epoxide rings is 1. The summed E-state index contributed by atoms with van der Waals surface area (Å²) in [6.07, 6.45) is 3.81. The lowest BCUT2D eigenvalue weighted by atomic mass is 9.83. The van der Waals surface area contributed by atoms with Gasteiger partial charge >= 0.3 is 11.4 Å². The third-order valence-electron chi connectivity index (χ3n) is 5.50. The zero-order chi connectivity index (χ0) is 18.9. The van der Waals surface area contributed by atoms with Crippen molar-refractivity contribution >= 4 is 0 Å². The zero-order valence-corrected chi connectivity index (χ0v) is 15.1. The van der Waals surface area contributed by atoms with E-state index in [1.807, 2.05) is 24.3 Å². The molecule has 0 amide bonds. The molecule has 5 rings (SSSR count). The molecule has 3 heterocycles. The van der Waals surface area contributed by atoms with E-state index in [2.05, 4.69) is 0 Å². The minimum atomic E-state index is -0.370. The summed E-state index contributed by atoms with van der Waals surface area (Å²) in [4.78, 5) is 24.9. The van der Waals surface area contributed by atoms with Crippen LogP contribution in [-0.2, 0) is 18.8 Å². The normalized spacial score (nSPS) is 27.5. The van der Waals surface area contributed by atoms with Crippen LogP contribution in [0.3, 0.4) is 0 Å². The van der Waals surface area contributed by atoms with E-state index in [1.54, 1.807) is 14.2 Å². The van der Waals surface area contributed by atoms with Gasteiger partial charge in [-0.05, 0) is 17.7 Å².